The van der Waals surface area contributed by atoms with Crippen LogP contribution in [0.2, 0.25) is 0 Å². The highest BCUT2D eigenvalue weighted by molar-refractivity contribution is 5.82. The van der Waals surface area contributed by atoms with Crippen LogP contribution in [0, 0.1) is 51.8 Å². The Morgan fingerprint density at radius 3 is 2.76 bits per heavy atom. The van der Waals surface area contributed by atoms with Crippen molar-refractivity contribution in [1.29, 1.82) is 5.26 Å². The first-order valence-electron chi connectivity index (χ1n) is 12.9. The molecule has 0 unspecified atom stereocenters. The van der Waals surface area contributed by atoms with E-state index in [-0.39, 0.29) is 29.1 Å². The molecule has 0 bridgehead atoms. The van der Waals surface area contributed by atoms with Crippen LogP contribution in [0.5, 0.6) is 0 Å². The van der Waals surface area contributed by atoms with Crippen LogP contribution in [-0.4, -0.2) is 40.0 Å². The number of aromatic nitrogens is 2. The van der Waals surface area contributed by atoms with Crippen molar-refractivity contribution in [2.24, 2.45) is 40.4 Å². The molecule has 1 aromatic rings. The van der Waals surface area contributed by atoms with Crippen LogP contribution in [0.4, 0.5) is 0 Å². The average molecular weight is 454 g/mol. The molecule has 0 aliphatic heterocycles. The third-order valence-corrected chi connectivity index (χ3v) is 10.5. The molecule has 8 atom stereocenters. The summed E-state index contributed by atoms with van der Waals surface area (Å²) in [4.78, 5) is 13.4. The third kappa shape index (κ3) is 3.67. The van der Waals surface area contributed by atoms with Gasteiger partial charge in [0, 0.05) is 19.2 Å². The average Bonchev–Trinajstić information content (AvgIpc) is 3.37. The number of hydrogen-bond donors (Lipinski definition) is 1. The minimum Gasteiger partial charge on any atom is -0.390 e. The smallest absolute Gasteiger partial charge is 0.157 e. The molecule has 0 aromatic carbocycles. The number of Topliss-reactive ketones (excluding diaryl/α,β-unsaturated/α-hetero) is 1. The zero-order valence-electron chi connectivity index (χ0n) is 20.4. The molecule has 4 aliphatic rings. The number of carbonyl (C=O) groups is 1. The molecule has 4 aliphatic carbocycles. The second-order valence-corrected chi connectivity index (χ2v) is 12.2. The molecule has 180 valence electrons. The lowest BCUT2D eigenvalue weighted by atomic mass is 9.43. The van der Waals surface area contributed by atoms with Crippen molar-refractivity contribution in [3.8, 4) is 6.07 Å². The van der Waals surface area contributed by atoms with Crippen LogP contribution in [0.3, 0.4) is 0 Å². The van der Waals surface area contributed by atoms with Gasteiger partial charge in [0.05, 0.1) is 30.5 Å². The predicted molar refractivity (Wildman–Crippen MR) is 124 cm³/mol. The van der Waals surface area contributed by atoms with E-state index in [2.05, 4.69) is 18.1 Å². The molecule has 1 heterocycles. The van der Waals surface area contributed by atoms with Crippen LogP contribution >= 0.6 is 0 Å². The maximum absolute atomic E-state index is 13.4. The van der Waals surface area contributed by atoms with E-state index >= 15 is 0 Å². The van der Waals surface area contributed by atoms with Gasteiger partial charge in [0.25, 0.3) is 0 Å². The van der Waals surface area contributed by atoms with Crippen molar-refractivity contribution < 1.29 is 14.6 Å². The number of ether oxygens (including phenoxy) is 1. The molecule has 0 radical (unpaired) electrons. The molecule has 4 saturated carbocycles. The van der Waals surface area contributed by atoms with Gasteiger partial charge in [-0.15, -0.1) is 0 Å². The number of nitrogens with zero attached hydrogens (tertiary/aromatic N) is 3. The quantitative estimate of drug-likeness (QED) is 0.716. The maximum Gasteiger partial charge on any atom is 0.157 e. The Hall–Kier alpha value is -1.71. The summed E-state index contributed by atoms with van der Waals surface area (Å²) < 4.78 is 7.50. The minimum absolute atomic E-state index is 0.0602. The number of rotatable bonds is 5. The largest absolute Gasteiger partial charge is 0.390 e. The summed E-state index contributed by atoms with van der Waals surface area (Å²) in [5.74, 6) is 2.80. The number of fused-ring (bicyclic) bond motifs is 5. The van der Waals surface area contributed by atoms with Crippen molar-refractivity contribution in [2.45, 2.75) is 83.8 Å². The second kappa shape index (κ2) is 8.20. The Morgan fingerprint density at radius 2 is 2.03 bits per heavy atom. The van der Waals surface area contributed by atoms with Crippen molar-refractivity contribution in [1.82, 2.24) is 9.78 Å². The summed E-state index contributed by atoms with van der Waals surface area (Å²) in [6, 6.07) is 2.10. The van der Waals surface area contributed by atoms with E-state index in [9.17, 15) is 9.90 Å². The van der Waals surface area contributed by atoms with Crippen molar-refractivity contribution in [3.05, 3.63) is 18.0 Å². The summed E-state index contributed by atoms with van der Waals surface area (Å²) in [7, 11) is 1.84. The second-order valence-electron chi connectivity index (χ2n) is 12.2. The van der Waals surface area contributed by atoms with Crippen LogP contribution in [0.15, 0.2) is 12.4 Å². The Labute approximate surface area is 197 Å². The Kier molecular flexibility index (Phi) is 5.73. The lowest BCUT2D eigenvalue weighted by molar-refractivity contribution is -0.175. The van der Waals surface area contributed by atoms with Crippen LogP contribution in [0.1, 0.15) is 77.2 Å². The van der Waals surface area contributed by atoms with Crippen LogP contribution in [0.25, 0.3) is 0 Å². The number of hydrogen-bond acceptors (Lipinski definition) is 5. The Bertz CT molecular complexity index is 949. The highest BCUT2D eigenvalue weighted by Crippen LogP contribution is 2.68. The molecule has 4 fully saturated rings. The third-order valence-electron chi connectivity index (χ3n) is 10.5. The van der Waals surface area contributed by atoms with Crippen molar-refractivity contribution in [3.63, 3.8) is 0 Å². The molecular formula is C27H39N3O3. The lowest BCUT2D eigenvalue weighted by Crippen LogP contribution is -2.58. The summed E-state index contributed by atoms with van der Waals surface area (Å²) in [6.45, 7) is 5.48. The summed E-state index contributed by atoms with van der Waals surface area (Å²) in [5.41, 5.74) is 0.211. The highest BCUT2D eigenvalue weighted by Gasteiger charge is 2.63. The van der Waals surface area contributed by atoms with Crippen molar-refractivity contribution >= 4 is 5.78 Å². The van der Waals surface area contributed by atoms with E-state index < -0.39 is 5.60 Å². The molecule has 5 rings (SSSR count). The molecule has 0 saturated heterocycles. The topological polar surface area (TPSA) is 88.1 Å². The molecular weight excluding hydrogens is 414 g/mol. The van der Waals surface area contributed by atoms with Crippen molar-refractivity contribution in [2.75, 3.05) is 13.7 Å². The molecule has 0 amide bonds. The van der Waals surface area contributed by atoms with Gasteiger partial charge < -0.3 is 9.84 Å². The van der Waals surface area contributed by atoms with Gasteiger partial charge in [0.2, 0.25) is 0 Å². The maximum atomic E-state index is 13.4. The fourth-order valence-electron chi connectivity index (χ4n) is 9.09. The Balaban J connectivity index is 1.36. The molecule has 1 N–H and O–H groups in total. The SMILES string of the molecule is COC[C@]12CC[C@@](C)(O)C[C@H]1CC[C@H]1[C@@H]3CC[C@H](C(=O)Cn4cc(C#N)cn4)[C@@]3(C)CC[C@@H]12. The van der Waals surface area contributed by atoms with E-state index in [1.807, 2.05) is 14.0 Å². The fourth-order valence-corrected chi connectivity index (χ4v) is 9.09. The van der Waals surface area contributed by atoms with Crippen LogP contribution in [-0.2, 0) is 16.1 Å². The van der Waals surface area contributed by atoms with Crippen LogP contribution < -0.4 is 0 Å². The number of ketones is 1. The molecule has 6 nitrogen and oxygen atoms in total. The van der Waals surface area contributed by atoms with Gasteiger partial charge in [0.1, 0.15) is 6.07 Å². The Morgan fingerprint density at radius 1 is 1.21 bits per heavy atom. The highest BCUT2D eigenvalue weighted by atomic mass is 16.5. The number of aliphatic hydroxyl groups is 1. The monoisotopic (exact) mass is 453 g/mol. The molecule has 33 heavy (non-hydrogen) atoms. The summed E-state index contributed by atoms with van der Waals surface area (Å²) in [6.07, 6.45) is 12.8. The number of methoxy groups -OCH3 is 1. The van der Waals surface area contributed by atoms with E-state index in [1.54, 1.807) is 10.9 Å². The summed E-state index contributed by atoms with van der Waals surface area (Å²) in [5, 5.41) is 24.1. The first kappa shape index (κ1) is 23.1. The number of carbonyl (C=O) groups excluding carboxylic acids is 1. The first-order chi connectivity index (χ1) is 15.7. The first-order valence-corrected chi connectivity index (χ1v) is 12.9. The van der Waals surface area contributed by atoms with Gasteiger partial charge in [-0.1, -0.05) is 6.92 Å². The summed E-state index contributed by atoms with van der Waals surface area (Å²) >= 11 is 0. The van der Waals surface area contributed by atoms with Gasteiger partial charge in [-0.25, -0.2) is 0 Å². The molecule has 6 heteroatoms. The predicted octanol–water partition coefficient (Wildman–Crippen LogP) is 4.36. The van der Waals surface area contributed by atoms with Gasteiger partial charge in [-0.3, -0.25) is 9.48 Å². The zero-order valence-corrected chi connectivity index (χ0v) is 20.4. The van der Waals surface area contributed by atoms with Gasteiger partial charge >= 0.3 is 0 Å². The lowest BCUT2D eigenvalue weighted by Gasteiger charge is -2.62. The van der Waals surface area contributed by atoms with E-state index in [0.29, 0.717) is 29.2 Å². The van der Waals surface area contributed by atoms with Gasteiger partial charge in [0.15, 0.2) is 5.78 Å². The van der Waals surface area contributed by atoms with E-state index in [1.165, 1.54) is 25.5 Å². The normalized spacial score (nSPS) is 44.4. The standard InChI is InChI=1S/C27H39N3O3/c1-25(32)10-11-27(17-33-3)19(12-25)4-5-20-21-6-7-23(26(21,2)9-8-22(20)27)24(31)16-30-15-18(13-28)14-29-30/h14-15,19-23,32H,4-12,16-17H2,1-3H3/t19-,20+,21+,22+,23-,25-,26+,27-/m1/s1. The number of nitriles is 1. The van der Waals surface area contributed by atoms with Gasteiger partial charge in [-0.05, 0) is 99.2 Å². The zero-order chi connectivity index (χ0) is 23.4. The fraction of sp³-hybridized carbons (Fsp3) is 0.815. The molecule has 1 aromatic heterocycles. The minimum atomic E-state index is -0.541. The molecule has 0 spiro atoms. The van der Waals surface area contributed by atoms with E-state index in [4.69, 9.17) is 10.00 Å². The van der Waals surface area contributed by atoms with E-state index in [0.717, 1.165) is 45.1 Å². The van der Waals surface area contributed by atoms with Gasteiger partial charge in [-0.2, -0.15) is 10.4 Å².